The van der Waals surface area contributed by atoms with Crippen molar-refractivity contribution >= 4 is 29.1 Å². The smallest absolute Gasteiger partial charge is 0.369 e. The molecule has 0 bridgehead atoms. The first kappa shape index (κ1) is 22.9. The van der Waals surface area contributed by atoms with Gasteiger partial charge >= 0.3 is 6.18 Å². The summed E-state index contributed by atoms with van der Waals surface area (Å²) >= 11 is 12.1. The molecule has 4 nitrogen and oxygen atoms in total. The third-order valence-electron chi connectivity index (χ3n) is 4.94. The second-order valence-corrected chi connectivity index (χ2v) is 8.24. The van der Waals surface area contributed by atoms with Gasteiger partial charge in [-0.3, -0.25) is 4.79 Å². The van der Waals surface area contributed by atoms with E-state index in [0.29, 0.717) is 26.9 Å². The van der Waals surface area contributed by atoms with Crippen LogP contribution in [0.2, 0.25) is 10.0 Å². The van der Waals surface area contributed by atoms with Gasteiger partial charge in [0.1, 0.15) is 0 Å². The van der Waals surface area contributed by atoms with E-state index >= 15 is 0 Å². The van der Waals surface area contributed by atoms with Crippen molar-refractivity contribution in [1.29, 1.82) is 0 Å². The molecule has 2 N–H and O–H groups in total. The summed E-state index contributed by atoms with van der Waals surface area (Å²) in [6.45, 7) is 0. The molecule has 0 saturated heterocycles. The van der Waals surface area contributed by atoms with Crippen molar-refractivity contribution in [1.82, 2.24) is 9.78 Å². The monoisotopic (exact) mass is 489 g/mol. The molecule has 4 aromatic rings. The molecule has 0 aliphatic rings. The molecule has 0 radical (unpaired) electrons. The Hall–Kier alpha value is -3.29. The van der Waals surface area contributed by atoms with Gasteiger partial charge in [0.15, 0.2) is 5.69 Å². The van der Waals surface area contributed by atoms with Crippen LogP contribution in [0.25, 0.3) is 28.1 Å². The molecule has 0 atom stereocenters. The molecular weight excluding hydrogens is 474 g/mol. The normalized spacial score (nSPS) is 11.5. The molecule has 0 aliphatic heterocycles. The molecule has 1 amide bonds. The first-order valence-electron chi connectivity index (χ1n) is 9.72. The number of rotatable bonds is 5. The number of halogens is 5. The van der Waals surface area contributed by atoms with Crippen LogP contribution >= 0.6 is 23.2 Å². The zero-order valence-corrected chi connectivity index (χ0v) is 18.4. The molecule has 4 rings (SSSR count). The first-order chi connectivity index (χ1) is 15.6. The summed E-state index contributed by atoms with van der Waals surface area (Å²) in [4.78, 5) is 11.1. The van der Waals surface area contributed by atoms with Gasteiger partial charge in [0.05, 0.1) is 17.8 Å². The number of benzene rings is 3. The minimum absolute atomic E-state index is 0.0367. The maximum absolute atomic E-state index is 13.4. The van der Waals surface area contributed by atoms with Crippen molar-refractivity contribution in [2.45, 2.75) is 12.6 Å². The van der Waals surface area contributed by atoms with Crippen LogP contribution in [0.1, 0.15) is 11.3 Å². The average Bonchev–Trinajstić information content (AvgIpc) is 3.19. The molecule has 3 aromatic carbocycles. The summed E-state index contributed by atoms with van der Waals surface area (Å²) in [5.41, 5.74) is 7.65. The Kier molecular flexibility index (Phi) is 6.19. The van der Waals surface area contributed by atoms with E-state index in [1.165, 1.54) is 4.68 Å². The van der Waals surface area contributed by atoms with Crippen molar-refractivity contribution in [3.63, 3.8) is 0 Å². The topological polar surface area (TPSA) is 60.9 Å². The molecule has 0 fully saturated rings. The molecule has 0 saturated carbocycles. The van der Waals surface area contributed by atoms with Gasteiger partial charge in [0, 0.05) is 15.6 Å². The highest BCUT2D eigenvalue weighted by Crippen LogP contribution is 2.34. The fraction of sp³-hybridized carbons (Fsp3) is 0.0833. The summed E-state index contributed by atoms with van der Waals surface area (Å²) < 4.78 is 41.5. The Morgan fingerprint density at radius 2 is 1.42 bits per heavy atom. The van der Waals surface area contributed by atoms with Gasteiger partial charge in [-0.1, -0.05) is 59.6 Å². The fourth-order valence-electron chi connectivity index (χ4n) is 3.43. The zero-order valence-electron chi connectivity index (χ0n) is 16.9. The van der Waals surface area contributed by atoms with Gasteiger partial charge < -0.3 is 5.73 Å². The number of alkyl halides is 3. The number of nitrogens with two attached hydrogens (primary N) is 1. The number of primary amides is 1. The third-order valence-corrected chi connectivity index (χ3v) is 5.37. The molecule has 33 heavy (non-hydrogen) atoms. The van der Waals surface area contributed by atoms with Gasteiger partial charge in [-0.05, 0) is 53.1 Å². The average molecular weight is 490 g/mol. The number of amides is 1. The number of hydrogen-bond acceptors (Lipinski definition) is 2. The van der Waals surface area contributed by atoms with Crippen molar-refractivity contribution in [2.75, 3.05) is 0 Å². The zero-order chi connectivity index (χ0) is 23.8. The third kappa shape index (κ3) is 5.21. The van der Waals surface area contributed by atoms with E-state index in [4.69, 9.17) is 28.9 Å². The SMILES string of the molecule is NC(=O)Cc1ccc(-n2nc(C(F)(F)F)cc2-c2ccc(-c3cc(Cl)cc(Cl)c3)cc2)cc1. The van der Waals surface area contributed by atoms with Crippen LogP contribution in [0.3, 0.4) is 0 Å². The summed E-state index contributed by atoms with van der Waals surface area (Å²) in [7, 11) is 0. The van der Waals surface area contributed by atoms with Gasteiger partial charge in [0.25, 0.3) is 0 Å². The first-order valence-corrected chi connectivity index (χ1v) is 10.5. The predicted octanol–water partition coefficient (Wildman–Crippen LogP) is 6.56. The summed E-state index contributed by atoms with van der Waals surface area (Å²) in [6.07, 6.45) is -4.57. The molecule has 168 valence electrons. The highest BCUT2D eigenvalue weighted by atomic mass is 35.5. The second kappa shape index (κ2) is 8.92. The predicted molar refractivity (Wildman–Crippen MR) is 122 cm³/mol. The Morgan fingerprint density at radius 1 is 0.848 bits per heavy atom. The Morgan fingerprint density at radius 3 is 1.97 bits per heavy atom. The Bertz CT molecular complexity index is 1290. The van der Waals surface area contributed by atoms with Gasteiger partial charge in [-0.15, -0.1) is 0 Å². The van der Waals surface area contributed by atoms with E-state index in [1.54, 1.807) is 66.7 Å². The van der Waals surface area contributed by atoms with Gasteiger partial charge in [-0.25, -0.2) is 4.68 Å². The number of carbonyl (C=O) groups is 1. The van der Waals surface area contributed by atoms with Crippen LogP contribution in [0.15, 0.2) is 72.8 Å². The molecular formula is C24H16Cl2F3N3O. The molecule has 9 heteroatoms. The molecule has 0 unspecified atom stereocenters. The van der Waals surface area contributed by atoms with E-state index in [9.17, 15) is 18.0 Å². The van der Waals surface area contributed by atoms with Crippen LogP contribution in [0, 0.1) is 0 Å². The van der Waals surface area contributed by atoms with Crippen molar-refractivity contribution < 1.29 is 18.0 Å². The van der Waals surface area contributed by atoms with E-state index in [-0.39, 0.29) is 12.1 Å². The largest absolute Gasteiger partial charge is 0.435 e. The number of nitrogens with zero attached hydrogens (tertiary/aromatic N) is 2. The summed E-state index contributed by atoms with van der Waals surface area (Å²) in [5, 5.41) is 4.75. The van der Waals surface area contributed by atoms with Crippen LogP contribution < -0.4 is 5.73 Å². The number of aromatic nitrogens is 2. The van der Waals surface area contributed by atoms with Crippen molar-refractivity contribution in [3.8, 4) is 28.1 Å². The standard InChI is InChI=1S/C24H16Cl2F3N3O/c25-18-10-17(11-19(26)12-18)15-3-5-16(6-4-15)21-13-22(24(27,28)29)31-32(21)20-7-1-14(2-8-20)9-23(30)33/h1-8,10-13H,9H2,(H2,30,33). The van der Waals surface area contributed by atoms with Crippen LogP contribution in [-0.4, -0.2) is 15.7 Å². The lowest BCUT2D eigenvalue weighted by Crippen LogP contribution is -2.13. The van der Waals surface area contributed by atoms with Crippen LogP contribution in [0.4, 0.5) is 13.2 Å². The molecule has 0 aliphatic carbocycles. The van der Waals surface area contributed by atoms with Gasteiger partial charge in [-0.2, -0.15) is 18.3 Å². The second-order valence-electron chi connectivity index (χ2n) is 7.37. The van der Waals surface area contributed by atoms with Crippen LogP contribution in [-0.2, 0) is 17.4 Å². The highest BCUT2D eigenvalue weighted by Gasteiger charge is 2.35. The fourth-order valence-corrected chi connectivity index (χ4v) is 3.96. The van der Waals surface area contributed by atoms with E-state index in [0.717, 1.165) is 17.2 Å². The minimum Gasteiger partial charge on any atom is -0.369 e. The van der Waals surface area contributed by atoms with E-state index in [2.05, 4.69) is 5.10 Å². The quantitative estimate of drug-likeness (QED) is 0.345. The Balaban J connectivity index is 1.75. The van der Waals surface area contributed by atoms with Gasteiger partial charge in [0.2, 0.25) is 5.91 Å². The number of carbonyl (C=O) groups excluding carboxylic acids is 1. The summed E-state index contributed by atoms with van der Waals surface area (Å²) in [6, 6.07) is 19.5. The minimum atomic E-state index is -4.61. The van der Waals surface area contributed by atoms with E-state index in [1.807, 2.05) is 0 Å². The summed E-state index contributed by atoms with van der Waals surface area (Å²) in [5.74, 6) is -0.497. The maximum atomic E-state index is 13.4. The Labute approximate surface area is 197 Å². The number of hydrogen-bond donors (Lipinski definition) is 1. The molecule has 1 aromatic heterocycles. The highest BCUT2D eigenvalue weighted by molar-refractivity contribution is 6.35. The van der Waals surface area contributed by atoms with Crippen LogP contribution in [0.5, 0.6) is 0 Å². The van der Waals surface area contributed by atoms with Crippen molar-refractivity contribution in [3.05, 3.63) is 94.1 Å². The maximum Gasteiger partial charge on any atom is 0.435 e. The lowest BCUT2D eigenvalue weighted by molar-refractivity contribution is -0.141. The lowest BCUT2D eigenvalue weighted by atomic mass is 10.0. The lowest BCUT2D eigenvalue weighted by Gasteiger charge is -2.10. The molecule has 1 heterocycles. The van der Waals surface area contributed by atoms with E-state index < -0.39 is 17.8 Å². The molecule has 0 spiro atoms. The van der Waals surface area contributed by atoms with Crippen molar-refractivity contribution in [2.24, 2.45) is 5.73 Å².